The maximum Gasteiger partial charge on any atom is 0.404 e. The molecule has 0 fully saturated rings. The van der Waals surface area contributed by atoms with E-state index in [9.17, 15) is 26.9 Å². The van der Waals surface area contributed by atoms with Crippen LogP contribution in [0.4, 0.5) is 13.2 Å². The van der Waals surface area contributed by atoms with Gasteiger partial charge in [-0.05, 0) is 36.8 Å². The standard InChI is InChI=1S/C21H14ClF3N4O2S/c1-12(21(23,24)25)28-32(30,31)15-7-5-13(6-8-15)20-16(10-26)17-11-27-19(22)9-18(17)29(20)14-3-2-4-14/h2-9,11-12,28H,1H3/t12-/m0/s1. The first-order valence-electron chi connectivity index (χ1n) is 9.21. The molecule has 4 rings (SSSR count). The van der Waals surface area contributed by atoms with Crippen LogP contribution < -0.4 is 4.72 Å². The number of allylic oxidation sites excluding steroid dienone is 4. The van der Waals surface area contributed by atoms with E-state index in [0.717, 1.165) is 12.6 Å². The minimum absolute atomic E-state index is 0.238. The Morgan fingerprint density at radius 3 is 2.44 bits per heavy atom. The van der Waals surface area contributed by atoms with Crippen molar-refractivity contribution in [3.8, 4) is 17.3 Å². The summed E-state index contributed by atoms with van der Waals surface area (Å²) in [5.74, 6) is 0. The highest BCUT2D eigenvalue weighted by Gasteiger charge is 2.38. The van der Waals surface area contributed by atoms with Gasteiger partial charge in [-0.3, -0.25) is 0 Å². The lowest BCUT2D eigenvalue weighted by Crippen LogP contribution is -2.42. The molecule has 3 aromatic rings. The van der Waals surface area contributed by atoms with Crippen LogP contribution in [0.15, 0.2) is 59.7 Å². The Morgan fingerprint density at radius 1 is 1.25 bits per heavy atom. The number of sulfonamides is 1. The highest BCUT2D eigenvalue weighted by atomic mass is 35.5. The zero-order chi connectivity index (χ0) is 23.3. The third-order valence-electron chi connectivity index (χ3n) is 4.98. The average Bonchev–Trinajstić information content (AvgIpc) is 2.99. The van der Waals surface area contributed by atoms with Crippen molar-refractivity contribution in [1.29, 1.82) is 5.26 Å². The van der Waals surface area contributed by atoms with Crippen LogP contribution in [0.25, 0.3) is 27.9 Å². The zero-order valence-corrected chi connectivity index (χ0v) is 17.9. The van der Waals surface area contributed by atoms with Crippen molar-refractivity contribution in [3.05, 3.63) is 65.5 Å². The summed E-state index contributed by atoms with van der Waals surface area (Å²) < 4.78 is 66.4. The van der Waals surface area contributed by atoms with Crippen molar-refractivity contribution in [2.75, 3.05) is 0 Å². The van der Waals surface area contributed by atoms with Crippen molar-refractivity contribution in [3.63, 3.8) is 0 Å². The largest absolute Gasteiger partial charge is 0.404 e. The van der Waals surface area contributed by atoms with Crippen LogP contribution in [0.5, 0.6) is 0 Å². The predicted octanol–water partition coefficient (Wildman–Crippen LogP) is 4.87. The molecule has 164 valence electrons. The third-order valence-corrected chi connectivity index (χ3v) is 6.75. The molecule has 0 radical (unpaired) electrons. The maximum atomic E-state index is 12.8. The van der Waals surface area contributed by atoms with Gasteiger partial charge in [-0.15, -0.1) is 0 Å². The Kier molecular flexibility index (Phi) is 5.36. The lowest BCUT2D eigenvalue weighted by atomic mass is 10.1. The minimum atomic E-state index is -4.71. The first kappa shape index (κ1) is 22.1. The first-order valence-corrected chi connectivity index (χ1v) is 11.1. The Labute approximate surface area is 186 Å². The van der Waals surface area contributed by atoms with Gasteiger partial charge in [-0.25, -0.2) is 13.4 Å². The fourth-order valence-corrected chi connectivity index (χ4v) is 4.69. The van der Waals surface area contributed by atoms with E-state index in [4.69, 9.17) is 11.6 Å². The van der Waals surface area contributed by atoms with Gasteiger partial charge in [0.15, 0.2) is 0 Å². The van der Waals surface area contributed by atoms with Crippen LogP contribution in [0.2, 0.25) is 5.15 Å². The van der Waals surface area contributed by atoms with Gasteiger partial charge in [-0.1, -0.05) is 29.8 Å². The number of nitrogens with zero attached hydrogens (tertiary/aromatic N) is 3. The molecule has 2 heterocycles. The molecule has 0 unspecified atom stereocenters. The van der Waals surface area contributed by atoms with E-state index in [1.54, 1.807) is 15.4 Å². The summed E-state index contributed by atoms with van der Waals surface area (Å²) in [7, 11) is -4.40. The second kappa shape index (κ2) is 7.78. The Hall–Kier alpha value is -3.13. The molecule has 0 bridgehead atoms. The summed E-state index contributed by atoms with van der Waals surface area (Å²) in [6, 6.07) is 6.81. The second-order valence-corrected chi connectivity index (χ2v) is 9.16. The molecule has 0 spiro atoms. The van der Waals surface area contributed by atoms with E-state index in [0.29, 0.717) is 27.7 Å². The monoisotopic (exact) mass is 478 g/mol. The predicted molar refractivity (Wildman–Crippen MR) is 114 cm³/mol. The van der Waals surface area contributed by atoms with Crippen molar-refractivity contribution >= 4 is 38.2 Å². The summed E-state index contributed by atoms with van der Waals surface area (Å²) in [6.07, 6.45) is 2.26. The highest BCUT2D eigenvalue weighted by Crippen LogP contribution is 2.38. The Balaban J connectivity index is 1.82. The van der Waals surface area contributed by atoms with Gasteiger partial charge in [0.05, 0.1) is 21.7 Å². The molecule has 2 aromatic heterocycles. The number of halogens is 4. The van der Waals surface area contributed by atoms with Gasteiger partial charge in [0, 0.05) is 23.3 Å². The minimum Gasteiger partial charge on any atom is -0.308 e. The fourth-order valence-electron chi connectivity index (χ4n) is 3.30. The maximum absolute atomic E-state index is 12.8. The molecule has 0 saturated carbocycles. The Bertz CT molecular complexity index is 1430. The van der Waals surface area contributed by atoms with E-state index in [2.05, 4.69) is 11.1 Å². The summed E-state index contributed by atoms with van der Waals surface area (Å²) in [5.41, 5.74) is 2.72. The zero-order valence-electron chi connectivity index (χ0n) is 16.4. The number of nitrogens with one attached hydrogen (secondary N) is 1. The van der Waals surface area contributed by atoms with Gasteiger partial charge in [-0.2, -0.15) is 23.2 Å². The molecule has 0 saturated heterocycles. The van der Waals surface area contributed by atoms with E-state index < -0.39 is 22.2 Å². The SMILES string of the molecule is C[C@H](NS(=O)(=O)c1ccc(-c2c(C#N)c3cnc(Cl)cc3n2C2=CC=C2)cc1)C(F)(F)F. The number of nitriles is 1. The summed E-state index contributed by atoms with van der Waals surface area (Å²) in [4.78, 5) is 3.72. The van der Waals surface area contributed by atoms with E-state index >= 15 is 0 Å². The number of hydrogen-bond acceptors (Lipinski definition) is 4. The molecule has 0 amide bonds. The van der Waals surface area contributed by atoms with Crippen LogP contribution in [0.1, 0.15) is 12.5 Å². The molecular formula is C21H14ClF3N4O2S. The van der Waals surface area contributed by atoms with Crippen LogP contribution in [-0.4, -0.2) is 30.2 Å². The van der Waals surface area contributed by atoms with Crippen LogP contribution in [-0.2, 0) is 10.0 Å². The number of benzene rings is 1. The quantitative estimate of drug-likeness (QED) is 0.530. The average molecular weight is 479 g/mol. The van der Waals surface area contributed by atoms with E-state index in [-0.39, 0.29) is 10.0 Å². The molecule has 1 aromatic carbocycles. The number of pyridine rings is 1. The van der Waals surface area contributed by atoms with Crippen molar-refractivity contribution in [2.45, 2.75) is 24.0 Å². The lowest BCUT2D eigenvalue weighted by molar-refractivity contribution is -0.147. The van der Waals surface area contributed by atoms with E-state index in [1.165, 1.54) is 30.5 Å². The lowest BCUT2D eigenvalue weighted by Gasteiger charge is -2.18. The summed E-state index contributed by atoms with van der Waals surface area (Å²) in [6.45, 7) is 0.725. The molecule has 1 aliphatic rings. The number of hydrogen-bond donors (Lipinski definition) is 1. The first-order chi connectivity index (χ1) is 15.0. The smallest absolute Gasteiger partial charge is 0.308 e. The van der Waals surface area contributed by atoms with Gasteiger partial charge >= 0.3 is 6.18 Å². The number of rotatable bonds is 5. The molecule has 0 aliphatic heterocycles. The summed E-state index contributed by atoms with van der Waals surface area (Å²) >= 11 is 6.05. The molecule has 1 N–H and O–H groups in total. The number of aromatic nitrogens is 2. The summed E-state index contributed by atoms with van der Waals surface area (Å²) in [5, 5.41) is 10.6. The van der Waals surface area contributed by atoms with Crippen molar-refractivity contribution < 1.29 is 21.6 Å². The molecule has 6 nitrogen and oxygen atoms in total. The molecule has 32 heavy (non-hydrogen) atoms. The van der Waals surface area contributed by atoms with Crippen molar-refractivity contribution in [2.24, 2.45) is 0 Å². The van der Waals surface area contributed by atoms with Crippen LogP contribution >= 0.6 is 11.6 Å². The van der Waals surface area contributed by atoms with Gasteiger partial charge in [0.25, 0.3) is 0 Å². The molecular weight excluding hydrogens is 465 g/mol. The van der Waals surface area contributed by atoms with E-state index in [1.807, 2.05) is 18.2 Å². The topological polar surface area (TPSA) is 87.8 Å². The van der Waals surface area contributed by atoms with Gasteiger partial charge < -0.3 is 4.57 Å². The number of fused-ring (bicyclic) bond motifs is 1. The molecule has 11 heteroatoms. The van der Waals surface area contributed by atoms with Gasteiger partial charge in [0.2, 0.25) is 10.0 Å². The van der Waals surface area contributed by atoms with Crippen molar-refractivity contribution in [1.82, 2.24) is 14.3 Å². The van der Waals surface area contributed by atoms with Crippen LogP contribution in [0, 0.1) is 11.3 Å². The van der Waals surface area contributed by atoms with Crippen LogP contribution in [0.3, 0.4) is 0 Å². The molecule has 1 aliphatic carbocycles. The fraction of sp³-hybridized carbons (Fsp3) is 0.143. The normalized spacial score (nSPS) is 14.7. The molecule has 1 atom stereocenters. The highest BCUT2D eigenvalue weighted by molar-refractivity contribution is 7.89. The number of alkyl halides is 3. The van der Waals surface area contributed by atoms with Gasteiger partial charge in [0.1, 0.15) is 17.3 Å². The third kappa shape index (κ3) is 3.79. The second-order valence-electron chi connectivity index (χ2n) is 7.05. The Morgan fingerprint density at radius 2 is 1.91 bits per heavy atom.